The number of benzene rings is 1. The van der Waals surface area contributed by atoms with Crippen molar-refractivity contribution in [3.05, 3.63) is 35.1 Å². The lowest BCUT2D eigenvalue weighted by Crippen LogP contribution is -2.34. The highest BCUT2D eigenvalue weighted by atomic mass is 32.2. The molecule has 0 bridgehead atoms. The first-order valence-electron chi connectivity index (χ1n) is 5.10. The number of amides is 1. The summed E-state index contributed by atoms with van der Waals surface area (Å²) in [6, 6.07) is 4.58. The summed E-state index contributed by atoms with van der Waals surface area (Å²) in [5, 5.41) is 2.77. The Labute approximate surface area is 99.6 Å². The second kappa shape index (κ2) is 5.89. The van der Waals surface area contributed by atoms with E-state index < -0.39 is 5.82 Å². The van der Waals surface area contributed by atoms with Crippen molar-refractivity contribution in [3.8, 4) is 0 Å². The second-order valence-corrected chi connectivity index (χ2v) is 4.72. The number of aryl methyl sites for hydroxylation is 1. The molecule has 0 saturated carbocycles. The Morgan fingerprint density at radius 3 is 2.88 bits per heavy atom. The van der Waals surface area contributed by atoms with Gasteiger partial charge < -0.3 is 5.32 Å². The molecule has 0 spiro atoms. The predicted octanol–water partition coefficient (Wildman–Crippen LogP) is 2.62. The summed E-state index contributed by atoms with van der Waals surface area (Å²) in [6.45, 7) is 3.74. The number of hydrogen-bond acceptors (Lipinski definition) is 2. The largest absolute Gasteiger partial charge is 0.349 e. The molecule has 0 aromatic heterocycles. The molecule has 0 fully saturated rings. The third kappa shape index (κ3) is 3.52. The summed E-state index contributed by atoms with van der Waals surface area (Å²) in [5.41, 5.74) is 0.997. The topological polar surface area (TPSA) is 29.1 Å². The number of carbonyl (C=O) groups excluding carboxylic acids is 1. The van der Waals surface area contributed by atoms with Crippen LogP contribution in [-0.2, 0) is 0 Å². The minimum Gasteiger partial charge on any atom is -0.349 e. The van der Waals surface area contributed by atoms with Crippen LogP contribution in [0.1, 0.15) is 22.8 Å². The summed E-state index contributed by atoms with van der Waals surface area (Å²) in [4.78, 5) is 11.7. The van der Waals surface area contributed by atoms with E-state index in [1.807, 2.05) is 20.1 Å². The van der Waals surface area contributed by atoms with Crippen molar-refractivity contribution in [2.24, 2.45) is 0 Å². The zero-order chi connectivity index (χ0) is 12.1. The molecule has 16 heavy (non-hydrogen) atoms. The van der Waals surface area contributed by atoms with E-state index in [1.54, 1.807) is 23.9 Å². The van der Waals surface area contributed by atoms with Crippen molar-refractivity contribution in [2.75, 3.05) is 12.0 Å². The fourth-order valence-electron chi connectivity index (χ4n) is 1.41. The predicted molar refractivity (Wildman–Crippen MR) is 66.4 cm³/mol. The maximum atomic E-state index is 13.4. The summed E-state index contributed by atoms with van der Waals surface area (Å²) >= 11 is 1.65. The first kappa shape index (κ1) is 13.0. The highest BCUT2D eigenvalue weighted by Gasteiger charge is 2.13. The Bertz CT molecular complexity index is 381. The van der Waals surface area contributed by atoms with Gasteiger partial charge in [0, 0.05) is 11.8 Å². The van der Waals surface area contributed by atoms with Crippen molar-refractivity contribution >= 4 is 17.7 Å². The Morgan fingerprint density at radius 1 is 1.56 bits per heavy atom. The molecule has 0 aliphatic carbocycles. The van der Waals surface area contributed by atoms with Crippen LogP contribution in [0.2, 0.25) is 0 Å². The van der Waals surface area contributed by atoms with Gasteiger partial charge in [0.25, 0.3) is 5.91 Å². The third-order valence-corrected chi connectivity index (χ3v) is 2.99. The first-order chi connectivity index (χ1) is 7.54. The van der Waals surface area contributed by atoms with Gasteiger partial charge in [0.15, 0.2) is 0 Å². The molecule has 1 rings (SSSR count). The highest BCUT2D eigenvalue weighted by molar-refractivity contribution is 7.98. The maximum absolute atomic E-state index is 13.4. The van der Waals surface area contributed by atoms with Crippen LogP contribution in [-0.4, -0.2) is 24.0 Å². The molecule has 88 valence electrons. The quantitative estimate of drug-likeness (QED) is 0.878. The average molecular weight is 241 g/mol. The molecule has 1 aromatic carbocycles. The van der Waals surface area contributed by atoms with E-state index in [0.29, 0.717) is 0 Å². The maximum Gasteiger partial charge on any atom is 0.254 e. The van der Waals surface area contributed by atoms with Crippen molar-refractivity contribution in [1.29, 1.82) is 0 Å². The van der Waals surface area contributed by atoms with Crippen molar-refractivity contribution in [1.82, 2.24) is 5.32 Å². The Balaban J connectivity index is 2.76. The standard InChI is InChI=1S/C12H16FNOS/c1-8-4-5-11(13)10(6-8)12(15)14-9(2)7-16-3/h4-6,9H,7H2,1-3H3,(H,14,15). The number of rotatable bonds is 4. The number of nitrogens with one attached hydrogen (secondary N) is 1. The van der Waals surface area contributed by atoms with Crippen LogP contribution >= 0.6 is 11.8 Å². The fraction of sp³-hybridized carbons (Fsp3) is 0.417. The molecule has 0 aliphatic rings. The van der Waals surface area contributed by atoms with Crippen molar-refractivity contribution < 1.29 is 9.18 Å². The molecule has 2 nitrogen and oxygen atoms in total. The van der Waals surface area contributed by atoms with Crippen LogP contribution in [0.3, 0.4) is 0 Å². The summed E-state index contributed by atoms with van der Waals surface area (Å²) in [5.74, 6) is 0.00122. The summed E-state index contributed by atoms with van der Waals surface area (Å²) in [7, 11) is 0. The van der Waals surface area contributed by atoms with Gasteiger partial charge in [-0.1, -0.05) is 11.6 Å². The lowest BCUT2D eigenvalue weighted by Gasteiger charge is -2.13. The van der Waals surface area contributed by atoms with Crippen LogP contribution < -0.4 is 5.32 Å². The third-order valence-electron chi connectivity index (χ3n) is 2.16. The lowest BCUT2D eigenvalue weighted by molar-refractivity contribution is 0.0939. The van der Waals surface area contributed by atoms with Crippen LogP contribution in [0, 0.1) is 12.7 Å². The van der Waals surface area contributed by atoms with Crippen LogP contribution in [0.5, 0.6) is 0 Å². The molecule has 0 radical (unpaired) electrons. The lowest BCUT2D eigenvalue weighted by atomic mass is 10.1. The second-order valence-electron chi connectivity index (χ2n) is 3.81. The zero-order valence-electron chi connectivity index (χ0n) is 9.71. The Hall–Kier alpha value is -1.03. The zero-order valence-corrected chi connectivity index (χ0v) is 10.5. The molecule has 0 saturated heterocycles. The van der Waals surface area contributed by atoms with E-state index in [0.717, 1.165) is 11.3 Å². The van der Waals surface area contributed by atoms with Crippen LogP contribution in [0.4, 0.5) is 4.39 Å². The SMILES string of the molecule is CSCC(C)NC(=O)c1cc(C)ccc1F. The van der Waals surface area contributed by atoms with Gasteiger partial charge in [-0.2, -0.15) is 11.8 Å². The van der Waals surface area contributed by atoms with E-state index in [4.69, 9.17) is 0 Å². The number of thioether (sulfide) groups is 1. The molecule has 1 unspecified atom stereocenters. The molecular formula is C12H16FNOS. The Kier molecular flexibility index (Phi) is 4.80. The summed E-state index contributed by atoms with van der Waals surface area (Å²) in [6.07, 6.45) is 1.97. The minimum atomic E-state index is -0.473. The van der Waals surface area contributed by atoms with Crippen molar-refractivity contribution in [2.45, 2.75) is 19.9 Å². The smallest absolute Gasteiger partial charge is 0.254 e. The van der Waals surface area contributed by atoms with Gasteiger partial charge in [-0.25, -0.2) is 4.39 Å². The average Bonchev–Trinajstić information content (AvgIpc) is 2.21. The van der Waals surface area contributed by atoms with Gasteiger partial charge in [-0.05, 0) is 32.2 Å². The normalized spacial score (nSPS) is 12.2. The van der Waals surface area contributed by atoms with Gasteiger partial charge in [-0.15, -0.1) is 0 Å². The molecule has 1 amide bonds. The van der Waals surface area contributed by atoms with Gasteiger partial charge in [0.05, 0.1) is 5.56 Å². The molecule has 1 atom stereocenters. The van der Waals surface area contributed by atoms with Crippen molar-refractivity contribution in [3.63, 3.8) is 0 Å². The van der Waals surface area contributed by atoms with Gasteiger partial charge in [0.2, 0.25) is 0 Å². The van der Waals surface area contributed by atoms with E-state index in [9.17, 15) is 9.18 Å². The van der Waals surface area contributed by atoms with Gasteiger partial charge >= 0.3 is 0 Å². The summed E-state index contributed by atoms with van der Waals surface area (Å²) < 4.78 is 13.4. The molecule has 0 aliphatic heterocycles. The fourth-order valence-corrected chi connectivity index (χ4v) is 1.99. The van der Waals surface area contributed by atoms with Crippen LogP contribution in [0.15, 0.2) is 18.2 Å². The molecule has 1 N–H and O–H groups in total. The van der Waals surface area contributed by atoms with Gasteiger partial charge in [-0.3, -0.25) is 4.79 Å². The Morgan fingerprint density at radius 2 is 2.25 bits per heavy atom. The number of hydrogen-bond donors (Lipinski definition) is 1. The molecular weight excluding hydrogens is 225 g/mol. The van der Waals surface area contributed by atoms with Crippen LogP contribution in [0.25, 0.3) is 0 Å². The molecule has 1 aromatic rings. The van der Waals surface area contributed by atoms with E-state index in [2.05, 4.69) is 5.32 Å². The number of halogens is 1. The molecule has 4 heteroatoms. The monoisotopic (exact) mass is 241 g/mol. The van der Waals surface area contributed by atoms with E-state index >= 15 is 0 Å². The minimum absolute atomic E-state index is 0.0439. The first-order valence-corrected chi connectivity index (χ1v) is 6.50. The number of carbonyl (C=O) groups is 1. The highest BCUT2D eigenvalue weighted by Crippen LogP contribution is 2.10. The van der Waals surface area contributed by atoms with E-state index in [1.165, 1.54) is 6.07 Å². The molecule has 0 heterocycles. The van der Waals surface area contributed by atoms with Gasteiger partial charge in [0.1, 0.15) is 5.82 Å². The van der Waals surface area contributed by atoms with E-state index in [-0.39, 0.29) is 17.5 Å².